The van der Waals surface area contributed by atoms with Crippen LogP contribution >= 0.6 is 22.9 Å². The second-order valence-corrected chi connectivity index (χ2v) is 8.44. The molecule has 7 nitrogen and oxygen atoms in total. The summed E-state index contributed by atoms with van der Waals surface area (Å²) in [5.74, 6) is -0.0430. The summed E-state index contributed by atoms with van der Waals surface area (Å²) in [5.41, 5.74) is 1.45. The second kappa shape index (κ2) is 8.62. The van der Waals surface area contributed by atoms with E-state index in [9.17, 15) is 9.59 Å². The summed E-state index contributed by atoms with van der Waals surface area (Å²) in [4.78, 5) is 34.4. The van der Waals surface area contributed by atoms with Crippen molar-refractivity contribution in [2.24, 2.45) is 0 Å². The Morgan fingerprint density at radius 3 is 2.83 bits per heavy atom. The van der Waals surface area contributed by atoms with Crippen LogP contribution in [-0.4, -0.2) is 57.3 Å². The maximum atomic E-state index is 12.6. The number of benzene rings is 1. The van der Waals surface area contributed by atoms with E-state index in [0.717, 1.165) is 36.8 Å². The monoisotopic (exact) mass is 431 g/mol. The molecule has 1 aromatic carbocycles. The zero-order valence-corrected chi connectivity index (χ0v) is 17.6. The van der Waals surface area contributed by atoms with Crippen molar-refractivity contribution in [2.45, 2.75) is 19.5 Å². The van der Waals surface area contributed by atoms with Crippen LogP contribution in [0.3, 0.4) is 0 Å². The van der Waals surface area contributed by atoms with Crippen molar-refractivity contribution in [1.29, 1.82) is 0 Å². The molecular weight excluding hydrogens is 410 g/mol. The molecule has 1 N–H and O–H groups in total. The molecule has 29 heavy (non-hydrogen) atoms. The number of nitrogens with one attached hydrogen (secondary N) is 1. The number of amides is 1. The first-order valence-corrected chi connectivity index (χ1v) is 10.7. The van der Waals surface area contributed by atoms with Crippen LogP contribution in [0.4, 0.5) is 5.69 Å². The van der Waals surface area contributed by atoms with Gasteiger partial charge in [-0.3, -0.25) is 23.8 Å². The van der Waals surface area contributed by atoms with Crippen LogP contribution < -0.4 is 10.9 Å². The fraction of sp³-hybridized carbons (Fsp3) is 0.350. The van der Waals surface area contributed by atoms with E-state index in [4.69, 9.17) is 11.6 Å². The predicted octanol–water partition coefficient (Wildman–Crippen LogP) is 2.55. The molecule has 3 heterocycles. The van der Waals surface area contributed by atoms with Crippen LogP contribution in [0.1, 0.15) is 12.6 Å². The zero-order chi connectivity index (χ0) is 20.4. The van der Waals surface area contributed by atoms with Crippen molar-refractivity contribution in [3.63, 3.8) is 0 Å². The third kappa shape index (κ3) is 4.67. The van der Waals surface area contributed by atoms with Gasteiger partial charge < -0.3 is 5.32 Å². The average molecular weight is 432 g/mol. The molecule has 1 saturated heterocycles. The van der Waals surface area contributed by atoms with Crippen molar-refractivity contribution >= 4 is 39.5 Å². The number of hydrogen-bond donors (Lipinski definition) is 1. The van der Waals surface area contributed by atoms with E-state index < -0.39 is 0 Å². The minimum Gasteiger partial charge on any atom is -0.325 e. The van der Waals surface area contributed by atoms with Crippen LogP contribution in [0.2, 0.25) is 5.02 Å². The molecule has 0 aliphatic carbocycles. The molecule has 1 atom stereocenters. The standard InChI is InChI=1S/C20H22ClN5O2S/c1-14(19(28)22-16-4-2-3-15(21)11-16)25-7-5-24(6-8-25)13-17-12-18(27)26-9-10-29-20(26)23-17/h2-4,9-12,14H,5-8,13H2,1H3,(H,22,28). The SMILES string of the molecule is CC(C(=O)Nc1cccc(Cl)c1)N1CCN(Cc2cc(=O)n3ccsc3n2)CC1. The van der Waals surface area contributed by atoms with Gasteiger partial charge in [-0.15, -0.1) is 11.3 Å². The Morgan fingerprint density at radius 2 is 2.07 bits per heavy atom. The summed E-state index contributed by atoms with van der Waals surface area (Å²) in [6.07, 6.45) is 1.74. The highest BCUT2D eigenvalue weighted by Crippen LogP contribution is 2.16. The normalized spacial score (nSPS) is 16.8. The van der Waals surface area contributed by atoms with Crippen molar-refractivity contribution in [3.05, 3.63) is 63.0 Å². The Balaban J connectivity index is 1.32. The largest absolute Gasteiger partial charge is 0.325 e. The molecule has 9 heteroatoms. The molecule has 0 spiro atoms. The first-order valence-electron chi connectivity index (χ1n) is 9.48. The molecule has 1 amide bonds. The number of thiazole rings is 1. The first-order chi connectivity index (χ1) is 14.0. The van der Waals surface area contributed by atoms with Crippen LogP contribution in [0, 0.1) is 0 Å². The van der Waals surface area contributed by atoms with Gasteiger partial charge in [0.15, 0.2) is 4.96 Å². The number of carbonyl (C=O) groups is 1. The van der Waals surface area contributed by atoms with Crippen LogP contribution in [0.15, 0.2) is 46.7 Å². The minimum atomic E-state index is -0.235. The second-order valence-electron chi connectivity index (χ2n) is 7.13. The van der Waals surface area contributed by atoms with E-state index >= 15 is 0 Å². The highest BCUT2D eigenvalue weighted by Gasteiger charge is 2.26. The summed E-state index contributed by atoms with van der Waals surface area (Å²) in [6, 6.07) is 8.53. The Labute approximate surface area is 177 Å². The lowest BCUT2D eigenvalue weighted by atomic mass is 10.2. The molecule has 0 saturated carbocycles. The van der Waals surface area contributed by atoms with E-state index in [1.165, 1.54) is 11.3 Å². The van der Waals surface area contributed by atoms with Gasteiger partial charge in [0, 0.05) is 61.1 Å². The maximum Gasteiger partial charge on any atom is 0.258 e. The van der Waals surface area contributed by atoms with Crippen LogP contribution in [0.25, 0.3) is 4.96 Å². The Kier molecular flexibility index (Phi) is 5.96. The van der Waals surface area contributed by atoms with E-state index in [1.54, 1.807) is 28.8 Å². The van der Waals surface area contributed by atoms with Crippen LogP contribution in [0.5, 0.6) is 0 Å². The van der Waals surface area contributed by atoms with Gasteiger partial charge in [-0.05, 0) is 25.1 Å². The smallest absolute Gasteiger partial charge is 0.258 e. The van der Waals surface area contributed by atoms with Gasteiger partial charge in [0.05, 0.1) is 11.7 Å². The van der Waals surface area contributed by atoms with Gasteiger partial charge in [0.2, 0.25) is 5.91 Å². The number of rotatable bonds is 5. The Morgan fingerprint density at radius 1 is 1.28 bits per heavy atom. The Hall–Kier alpha value is -2.26. The third-order valence-corrected chi connectivity index (χ3v) is 6.16. The minimum absolute atomic E-state index is 0.0430. The molecule has 1 fully saturated rings. The molecule has 0 bridgehead atoms. The zero-order valence-electron chi connectivity index (χ0n) is 16.0. The fourth-order valence-electron chi connectivity index (χ4n) is 3.49. The van der Waals surface area contributed by atoms with Crippen molar-refractivity contribution in [3.8, 4) is 0 Å². The predicted molar refractivity (Wildman–Crippen MR) is 116 cm³/mol. The number of anilines is 1. The van der Waals surface area contributed by atoms with Gasteiger partial charge in [0.1, 0.15) is 0 Å². The van der Waals surface area contributed by atoms with Gasteiger partial charge in [0.25, 0.3) is 5.56 Å². The highest BCUT2D eigenvalue weighted by atomic mass is 35.5. The number of aromatic nitrogens is 2. The molecule has 152 valence electrons. The number of nitrogens with zero attached hydrogens (tertiary/aromatic N) is 4. The third-order valence-electron chi connectivity index (χ3n) is 5.17. The lowest BCUT2D eigenvalue weighted by Gasteiger charge is -2.37. The molecule has 1 aliphatic heterocycles. The number of halogens is 1. The highest BCUT2D eigenvalue weighted by molar-refractivity contribution is 7.15. The lowest BCUT2D eigenvalue weighted by molar-refractivity contribution is -0.121. The van der Waals surface area contributed by atoms with E-state index in [-0.39, 0.29) is 17.5 Å². The molecule has 1 aliphatic rings. The molecule has 0 radical (unpaired) electrons. The first kappa shape index (κ1) is 20.0. The van der Waals surface area contributed by atoms with Crippen molar-refractivity contribution in [2.75, 3.05) is 31.5 Å². The number of piperazine rings is 1. The summed E-state index contributed by atoms with van der Waals surface area (Å²) in [6.45, 7) is 5.76. The Bertz CT molecular complexity index is 1070. The lowest BCUT2D eigenvalue weighted by Crippen LogP contribution is -2.52. The maximum absolute atomic E-state index is 12.6. The summed E-state index contributed by atoms with van der Waals surface area (Å²) < 4.78 is 1.56. The van der Waals surface area contributed by atoms with Crippen molar-refractivity contribution in [1.82, 2.24) is 19.2 Å². The van der Waals surface area contributed by atoms with E-state index in [2.05, 4.69) is 20.1 Å². The molecule has 4 rings (SSSR count). The van der Waals surface area contributed by atoms with Gasteiger partial charge in [-0.25, -0.2) is 4.98 Å². The average Bonchev–Trinajstić information content (AvgIpc) is 3.17. The summed E-state index contributed by atoms with van der Waals surface area (Å²) in [5, 5.41) is 5.39. The molecule has 1 unspecified atom stereocenters. The summed E-state index contributed by atoms with van der Waals surface area (Å²) in [7, 11) is 0. The fourth-order valence-corrected chi connectivity index (χ4v) is 4.41. The molecule has 2 aromatic heterocycles. The quantitative estimate of drug-likeness (QED) is 0.672. The van der Waals surface area contributed by atoms with Gasteiger partial charge in [-0.2, -0.15) is 0 Å². The summed E-state index contributed by atoms with van der Waals surface area (Å²) >= 11 is 7.44. The molecular formula is C20H22ClN5O2S. The van der Waals surface area contributed by atoms with E-state index in [0.29, 0.717) is 17.3 Å². The topological polar surface area (TPSA) is 70.0 Å². The van der Waals surface area contributed by atoms with E-state index in [1.807, 2.05) is 24.4 Å². The number of carbonyl (C=O) groups excluding carboxylic acids is 1. The van der Waals surface area contributed by atoms with Gasteiger partial charge >= 0.3 is 0 Å². The molecule has 3 aromatic rings. The van der Waals surface area contributed by atoms with Crippen LogP contribution in [-0.2, 0) is 11.3 Å². The number of hydrogen-bond acceptors (Lipinski definition) is 6. The number of fused-ring (bicyclic) bond motifs is 1. The van der Waals surface area contributed by atoms with Crippen molar-refractivity contribution < 1.29 is 4.79 Å². The van der Waals surface area contributed by atoms with Gasteiger partial charge in [-0.1, -0.05) is 17.7 Å².